The SMILES string of the molecule is CCCNC(c1cn(C)cn1)c1c(F)ccc(C)c1F. The summed E-state index contributed by atoms with van der Waals surface area (Å²) < 4.78 is 30.2. The fraction of sp³-hybridized carbons (Fsp3) is 0.400. The minimum atomic E-state index is -0.573. The van der Waals surface area contributed by atoms with Crippen LogP contribution in [0, 0.1) is 18.6 Å². The number of nitrogens with zero attached hydrogens (tertiary/aromatic N) is 2. The van der Waals surface area contributed by atoms with Crippen molar-refractivity contribution in [1.29, 1.82) is 0 Å². The summed E-state index contributed by atoms with van der Waals surface area (Å²) in [7, 11) is 1.83. The summed E-state index contributed by atoms with van der Waals surface area (Å²) in [6.07, 6.45) is 4.27. The number of aryl methyl sites for hydroxylation is 2. The molecule has 0 aliphatic carbocycles. The highest BCUT2D eigenvalue weighted by atomic mass is 19.1. The summed E-state index contributed by atoms with van der Waals surface area (Å²) in [5, 5.41) is 3.17. The quantitative estimate of drug-likeness (QED) is 0.911. The number of nitrogens with one attached hydrogen (secondary N) is 1. The molecule has 0 aliphatic heterocycles. The Kier molecular flexibility index (Phi) is 4.49. The molecule has 1 unspecified atom stereocenters. The van der Waals surface area contributed by atoms with E-state index in [1.54, 1.807) is 24.0 Å². The molecular formula is C15H19F2N3. The Morgan fingerprint density at radius 2 is 2.10 bits per heavy atom. The van der Waals surface area contributed by atoms with E-state index in [2.05, 4.69) is 10.3 Å². The van der Waals surface area contributed by atoms with Crippen molar-refractivity contribution in [3.05, 3.63) is 53.1 Å². The van der Waals surface area contributed by atoms with Gasteiger partial charge in [0.2, 0.25) is 0 Å². The molecule has 1 aromatic heterocycles. The monoisotopic (exact) mass is 279 g/mol. The number of halogens is 2. The van der Waals surface area contributed by atoms with Gasteiger partial charge in [0.25, 0.3) is 0 Å². The summed E-state index contributed by atoms with van der Waals surface area (Å²) in [5.41, 5.74) is 1.09. The van der Waals surface area contributed by atoms with Crippen LogP contribution in [0.2, 0.25) is 0 Å². The van der Waals surface area contributed by atoms with E-state index >= 15 is 0 Å². The van der Waals surface area contributed by atoms with Crippen LogP contribution in [0.25, 0.3) is 0 Å². The van der Waals surface area contributed by atoms with E-state index in [1.807, 2.05) is 14.0 Å². The van der Waals surface area contributed by atoms with E-state index < -0.39 is 17.7 Å². The zero-order chi connectivity index (χ0) is 14.7. The van der Waals surface area contributed by atoms with Crippen LogP contribution in [0.1, 0.15) is 36.2 Å². The normalized spacial score (nSPS) is 12.7. The Hall–Kier alpha value is -1.75. The number of hydrogen-bond acceptors (Lipinski definition) is 2. The molecule has 1 N–H and O–H groups in total. The molecule has 0 saturated carbocycles. The molecule has 0 spiro atoms. The third-order valence-corrected chi connectivity index (χ3v) is 3.23. The zero-order valence-corrected chi connectivity index (χ0v) is 12.0. The molecule has 3 nitrogen and oxygen atoms in total. The van der Waals surface area contributed by atoms with Gasteiger partial charge in [-0.05, 0) is 31.5 Å². The fourth-order valence-electron chi connectivity index (χ4n) is 2.17. The summed E-state index contributed by atoms with van der Waals surface area (Å²) >= 11 is 0. The highest BCUT2D eigenvalue weighted by Gasteiger charge is 2.24. The largest absolute Gasteiger partial charge is 0.340 e. The lowest BCUT2D eigenvalue weighted by atomic mass is 10.00. The number of hydrogen-bond donors (Lipinski definition) is 1. The second-order valence-corrected chi connectivity index (χ2v) is 4.94. The van der Waals surface area contributed by atoms with Gasteiger partial charge in [0.15, 0.2) is 0 Å². The first-order chi connectivity index (χ1) is 9.54. The van der Waals surface area contributed by atoms with Gasteiger partial charge < -0.3 is 9.88 Å². The Balaban J connectivity index is 2.49. The first-order valence-corrected chi connectivity index (χ1v) is 6.70. The van der Waals surface area contributed by atoms with E-state index in [9.17, 15) is 8.78 Å². The molecule has 108 valence electrons. The lowest BCUT2D eigenvalue weighted by Crippen LogP contribution is -2.25. The summed E-state index contributed by atoms with van der Waals surface area (Å²) in [6, 6.07) is 2.18. The summed E-state index contributed by atoms with van der Waals surface area (Å²) in [5.74, 6) is -1.06. The number of imidazole rings is 1. The topological polar surface area (TPSA) is 29.9 Å². The highest BCUT2D eigenvalue weighted by Crippen LogP contribution is 2.27. The molecule has 0 saturated heterocycles. The molecule has 2 rings (SSSR count). The molecular weight excluding hydrogens is 260 g/mol. The molecule has 0 amide bonds. The van der Waals surface area contributed by atoms with Gasteiger partial charge in [-0.2, -0.15) is 0 Å². The minimum absolute atomic E-state index is 0.0390. The van der Waals surface area contributed by atoms with Crippen molar-refractivity contribution in [3.63, 3.8) is 0 Å². The summed E-state index contributed by atoms with van der Waals surface area (Å²) in [4.78, 5) is 4.22. The van der Waals surface area contributed by atoms with Gasteiger partial charge in [-0.25, -0.2) is 13.8 Å². The molecule has 0 radical (unpaired) electrons. The predicted molar refractivity (Wildman–Crippen MR) is 74.4 cm³/mol. The number of aromatic nitrogens is 2. The van der Waals surface area contributed by atoms with E-state index in [-0.39, 0.29) is 5.56 Å². The van der Waals surface area contributed by atoms with E-state index in [4.69, 9.17) is 0 Å². The maximum absolute atomic E-state index is 14.3. The van der Waals surface area contributed by atoms with Crippen molar-refractivity contribution in [2.75, 3.05) is 6.54 Å². The van der Waals surface area contributed by atoms with Crippen LogP contribution < -0.4 is 5.32 Å². The minimum Gasteiger partial charge on any atom is -0.340 e. The van der Waals surface area contributed by atoms with Crippen LogP contribution in [0.5, 0.6) is 0 Å². The van der Waals surface area contributed by atoms with Crippen molar-refractivity contribution >= 4 is 0 Å². The van der Waals surface area contributed by atoms with Crippen LogP contribution in [0.15, 0.2) is 24.7 Å². The fourth-order valence-corrected chi connectivity index (χ4v) is 2.17. The maximum Gasteiger partial charge on any atom is 0.134 e. The van der Waals surface area contributed by atoms with Gasteiger partial charge in [0.05, 0.1) is 18.1 Å². The second-order valence-electron chi connectivity index (χ2n) is 4.94. The van der Waals surface area contributed by atoms with Gasteiger partial charge in [-0.3, -0.25) is 0 Å². The molecule has 0 fully saturated rings. The lowest BCUT2D eigenvalue weighted by molar-refractivity contribution is 0.495. The lowest BCUT2D eigenvalue weighted by Gasteiger charge is -2.19. The Morgan fingerprint density at radius 1 is 1.35 bits per heavy atom. The molecule has 5 heteroatoms. The van der Waals surface area contributed by atoms with E-state index in [1.165, 1.54) is 12.1 Å². The summed E-state index contributed by atoms with van der Waals surface area (Å²) in [6.45, 7) is 4.30. The second kappa shape index (κ2) is 6.13. The van der Waals surface area contributed by atoms with Crippen molar-refractivity contribution < 1.29 is 8.78 Å². The van der Waals surface area contributed by atoms with Crippen molar-refractivity contribution in [2.24, 2.45) is 7.05 Å². The van der Waals surface area contributed by atoms with Gasteiger partial charge >= 0.3 is 0 Å². The molecule has 20 heavy (non-hydrogen) atoms. The zero-order valence-electron chi connectivity index (χ0n) is 12.0. The Bertz CT molecular complexity index is 593. The first kappa shape index (κ1) is 14.7. The van der Waals surface area contributed by atoms with Gasteiger partial charge in [-0.15, -0.1) is 0 Å². The van der Waals surface area contributed by atoms with Crippen molar-refractivity contribution in [3.8, 4) is 0 Å². The van der Waals surface area contributed by atoms with Crippen LogP contribution in [-0.4, -0.2) is 16.1 Å². The third-order valence-electron chi connectivity index (χ3n) is 3.23. The van der Waals surface area contributed by atoms with Crippen molar-refractivity contribution in [2.45, 2.75) is 26.3 Å². The molecule has 0 aliphatic rings. The average molecular weight is 279 g/mol. The number of rotatable bonds is 5. The highest BCUT2D eigenvalue weighted by molar-refractivity contribution is 5.33. The van der Waals surface area contributed by atoms with Crippen LogP contribution in [-0.2, 0) is 7.05 Å². The molecule has 2 aromatic rings. The Morgan fingerprint density at radius 3 is 2.70 bits per heavy atom. The van der Waals surface area contributed by atoms with E-state index in [0.29, 0.717) is 17.8 Å². The van der Waals surface area contributed by atoms with Crippen LogP contribution in [0.3, 0.4) is 0 Å². The van der Waals surface area contributed by atoms with E-state index in [0.717, 1.165) is 6.42 Å². The standard InChI is InChI=1S/C15H19F2N3/c1-4-7-18-15(12-8-20(3)9-19-12)13-11(16)6-5-10(2)14(13)17/h5-6,8-9,15,18H,4,7H2,1-3H3. The van der Waals surface area contributed by atoms with Crippen LogP contribution in [0.4, 0.5) is 8.78 Å². The molecule has 0 bridgehead atoms. The molecule has 1 atom stereocenters. The van der Waals surface area contributed by atoms with Crippen molar-refractivity contribution in [1.82, 2.24) is 14.9 Å². The predicted octanol–water partition coefficient (Wildman–Crippen LogP) is 3.10. The maximum atomic E-state index is 14.3. The molecule has 1 aromatic carbocycles. The van der Waals surface area contributed by atoms with Gasteiger partial charge in [0, 0.05) is 18.8 Å². The first-order valence-electron chi connectivity index (χ1n) is 6.70. The average Bonchev–Trinajstić information content (AvgIpc) is 2.84. The third kappa shape index (κ3) is 2.88. The smallest absolute Gasteiger partial charge is 0.134 e. The van der Waals surface area contributed by atoms with Gasteiger partial charge in [0.1, 0.15) is 11.6 Å². The van der Waals surface area contributed by atoms with Crippen LogP contribution >= 0.6 is 0 Å². The number of benzene rings is 1. The molecule has 1 heterocycles. The van der Waals surface area contributed by atoms with Gasteiger partial charge in [-0.1, -0.05) is 13.0 Å². The Labute approximate surface area is 117 Å².